The highest BCUT2D eigenvalue weighted by Crippen LogP contribution is 2.24. The van der Waals surface area contributed by atoms with Crippen molar-refractivity contribution in [2.45, 2.75) is 44.9 Å². The molecule has 1 aromatic rings. The maximum absolute atomic E-state index is 12.5. The largest absolute Gasteiger partial charge is 0.401 e. The molecule has 1 unspecified atom stereocenters. The summed E-state index contributed by atoms with van der Waals surface area (Å²) in [6, 6.07) is 0. The number of halogens is 4. The molecule has 11 heteroatoms. The predicted octanol–water partition coefficient (Wildman–Crippen LogP) is 2.47. The van der Waals surface area contributed by atoms with Gasteiger partial charge in [-0.05, 0) is 52.1 Å². The molecule has 1 aliphatic heterocycles. The van der Waals surface area contributed by atoms with Gasteiger partial charge in [0.15, 0.2) is 5.96 Å². The molecule has 2 heterocycles. The summed E-state index contributed by atoms with van der Waals surface area (Å²) in [5, 5.41) is 21.2. The van der Waals surface area contributed by atoms with Crippen LogP contribution in [0.1, 0.15) is 38.7 Å². The number of rotatable bonds is 8. The molecule has 1 aliphatic rings. The summed E-state index contributed by atoms with van der Waals surface area (Å²) in [6.45, 7) is 5.40. The molecule has 1 atom stereocenters. The minimum atomic E-state index is -4.12. The molecule has 174 valence electrons. The Hall–Kier alpha value is -1.08. The molecule has 7 nitrogen and oxygen atoms in total. The Labute approximate surface area is 193 Å². The van der Waals surface area contributed by atoms with Crippen molar-refractivity contribution in [3.63, 3.8) is 0 Å². The molecule has 1 aromatic heterocycles. The van der Waals surface area contributed by atoms with E-state index in [0.29, 0.717) is 43.6 Å². The van der Waals surface area contributed by atoms with Crippen molar-refractivity contribution in [1.82, 2.24) is 25.3 Å². The van der Waals surface area contributed by atoms with Gasteiger partial charge in [-0.2, -0.15) is 18.3 Å². The van der Waals surface area contributed by atoms with Crippen LogP contribution in [0.5, 0.6) is 0 Å². The van der Waals surface area contributed by atoms with Gasteiger partial charge >= 0.3 is 6.18 Å². The number of hydrogen-bond acceptors (Lipinski definition) is 4. The lowest BCUT2D eigenvalue weighted by Gasteiger charge is -2.32. The van der Waals surface area contributed by atoms with Crippen LogP contribution in [0.3, 0.4) is 0 Å². The third-order valence-corrected chi connectivity index (χ3v) is 5.17. The summed E-state index contributed by atoms with van der Waals surface area (Å²) >= 11 is 0. The van der Waals surface area contributed by atoms with Crippen molar-refractivity contribution in [2.24, 2.45) is 18.0 Å². The van der Waals surface area contributed by atoms with Crippen LogP contribution >= 0.6 is 24.0 Å². The van der Waals surface area contributed by atoms with E-state index in [1.807, 2.05) is 6.92 Å². The molecule has 0 amide bonds. The van der Waals surface area contributed by atoms with Gasteiger partial charge in [-0.15, -0.1) is 24.0 Å². The number of piperidine rings is 1. The minimum Gasteiger partial charge on any atom is -0.383 e. The summed E-state index contributed by atoms with van der Waals surface area (Å²) in [4.78, 5) is 5.96. The van der Waals surface area contributed by atoms with Crippen LogP contribution in [-0.4, -0.2) is 71.2 Å². The van der Waals surface area contributed by atoms with Gasteiger partial charge in [-0.1, -0.05) is 0 Å². The summed E-state index contributed by atoms with van der Waals surface area (Å²) < 4.78 is 39.1. The number of aromatic nitrogens is 2. The van der Waals surface area contributed by atoms with Crippen LogP contribution in [-0.2, 0) is 12.6 Å². The predicted molar refractivity (Wildman–Crippen MR) is 122 cm³/mol. The number of hydrogen-bond donors (Lipinski definition) is 3. The van der Waals surface area contributed by atoms with Crippen LogP contribution in [0.25, 0.3) is 0 Å². The van der Waals surface area contributed by atoms with E-state index in [4.69, 9.17) is 0 Å². The number of aliphatic imine (C=N–C) groups is 1. The molecule has 2 rings (SSSR count). The van der Waals surface area contributed by atoms with E-state index < -0.39 is 18.3 Å². The van der Waals surface area contributed by atoms with Gasteiger partial charge in [0.1, 0.15) is 5.60 Å². The second-order valence-electron chi connectivity index (χ2n) is 7.92. The Balaban J connectivity index is 0.00000450. The van der Waals surface area contributed by atoms with E-state index in [1.165, 1.54) is 4.90 Å². The third kappa shape index (κ3) is 9.38. The van der Waals surface area contributed by atoms with Gasteiger partial charge in [0.2, 0.25) is 0 Å². The van der Waals surface area contributed by atoms with Gasteiger partial charge < -0.3 is 15.7 Å². The van der Waals surface area contributed by atoms with Crippen molar-refractivity contribution in [3.05, 3.63) is 18.0 Å². The fraction of sp³-hybridized carbons (Fsp3) is 0.789. The molecule has 0 aromatic carbocycles. The first-order chi connectivity index (χ1) is 13.6. The SMILES string of the molecule is CCNC(=NCC(C)(O)c1cnn(C)c1)NCCC1CCN(CC(F)(F)F)CC1.I. The van der Waals surface area contributed by atoms with Crippen LogP contribution in [0, 0.1) is 5.92 Å². The van der Waals surface area contributed by atoms with Crippen molar-refractivity contribution >= 4 is 29.9 Å². The second-order valence-corrected chi connectivity index (χ2v) is 7.92. The topological polar surface area (TPSA) is 77.7 Å². The van der Waals surface area contributed by atoms with Gasteiger partial charge in [0.05, 0.1) is 19.3 Å². The van der Waals surface area contributed by atoms with Crippen LogP contribution in [0.2, 0.25) is 0 Å². The normalized spacial score (nSPS) is 18.6. The number of likely N-dealkylation sites (tertiary alicyclic amines) is 1. The summed E-state index contributed by atoms with van der Waals surface area (Å²) in [5.41, 5.74) is -0.424. The van der Waals surface area contributed by atoms with Gasteiger partial charge in [0.25, 0.3) is 0 Å². The molecular weight excluding hydrogens is 512 g/mol. The number of nitrogens with zero attached hydrogens (tertiary/aromatic N) is 4. The fourth-order valence-corrected chi connectivity index (χ4v) is 3.45. The zero-order chi connectivity index (χ0) is 21.5. The van der Waals surface area contributed by atoms with Gasteiger partial charge in [-0.3, -0.25) is 9.58 Å². The highest BCUT2D eigenvalue weighted by atomic mass is 127. The van der Waals surface area contributed by atoms with Crippen molar-refractivity contribution in [3.8, 4) is 0 Å². The Morgan fingerprint density at radius 3 is 2.50 bits per heavy atom. The van der Waals surface area contributed by atoms with Crippen molar-refractivity contribution in [1.29, 1.82) is 0 Å². The average molecular weight is 546 g/mol. The van der Waals surface area contributed by atoms with Crippen LogP contribution in [0.15, 0.2) is 17.4 Å². The second kappa shape index (κ2) is 12.1. The van der Waals surface area contributed by atoms with Crippen molar-refractivity contribution in [2.75, 3.05) is 39.3 Å². The lowest BCUT2D eigenvalue weighted by Crippen LogP contribution is -2.42. The van der Waals surface area contributed by atoms with E-state index >= 15 is 0 Å². The maximum Gasteiger partial charge on any atom is 0.401 e. The van der Waals surface area contributed by atoms with E-state index in [9.17, 15) is 18.3 Å². The van der Waals surface area contributed by atoms with E-state index in [1.54, 1.807) is 31.0 Å². The zero-order valence-electron chi connectivity index (χ0n) is 17.9. The first-order valence-electron chi connectivity index (χ1n) is 10.1. The number of alkyl halides is 3. The number of aryl methyl sites for hydroxylation is 1. The molecule has 1 saturated heterocycles. The van der Waals surface area contributed by atoms with Crippen molar-refractivity contribution < 1.29 is 18.3 Å². The Bertz CT molecular complexity index is 657. The monoisotopic (exact) mass is 546 g/mol. The third-order valence-electron chi connectivity index (χ3n) is 5.17. The number of guanidine groups is 1. The average Bonchev–Trinajstić information content (AvgIpc) is 3.07. The van der Waals surface area contributed by atoms with Gasteiger partial charge in [0, 0.05) is 31.9 Å². The summed E-state index contributed by atoms with van der Waals surface area (Å²) in [5.74, 6) is 1.03. The van der Waals surface area contributed by atoms with E-state index in [2.05, 4.69) is 20.7 Å². The molecule has 30 heavy (non-hydrogen) atoms. The summed E-state index contributed by atoms with van der Waals surface area (Å²) in [7, 11) is 1.79. The molecule has 0 bridgehead atoms. The zero-order valence-corrected chi connectivity index (χ0v) is 20.2. The molecule has 3 N–H and O–H groups in total. The smallest absolute Gasteiger partial charge is 0.383 e. The van der Waals surface area contributed by atoms with Gasteiger partial charge in [-0.25, -0.2) is 4.99 Å². The Morgan fingerprint density at radius 2 is 1.97 bits per heavy atom. The number of nitrogens with one attached hydrogen (secondary N) is 2. The highest BCUT2D eigenvalue weighted by molar-refractivity contribution is 14.0. The molecule has 1 fully saturated rings. The minimum absolute atomic E-state index is 0. The standard InChI is InChI=1S/C19H33F3N6O.HI/c1-4-23-17(25-13-18(2,29)16-11-26-27(3)12-16)24-8-5-15-6-9-28(10-7-15)14-19(20,21)22;/h11-12,15,29H,4-10,13-14H2,1-3H3,(H2,23,24,25);1H. The highest BCUT2D eigenvalue weighted by Gasteiger charge is 2.32. The lowest BCUT2D eigenvalue weighted by molar-refractivity contribution is -0.148. The first kappa shape index (κ1) is 27.0. The van der Waals surface area contributed by atoms with Crippen LogP contribution in [0.4, 0.5) is 13.2 Å². The Morgan fingerprint density at radius 1 is 1.30 bits per heavy atom. The van der Waals surface area contributed by atoms with E-state index in [0.717, 1.165) is 19.3 Å². The number of aliphatic hydroxyl groups is 1. The van der Waals surface area contributed by atoms with Crippen LogP contribution < -0.4 is 10.6 Å². The fourth-order valence-electron chi connectivity index (χ4n) is 3.45. The summed E-state index contributed by atoms with van der Waals surface area (Å²) in [6.07, 6.45) is 1.70. The quantitative estimate of drug-likeness (QED) is 0.266. The maximum atomic E-state index is 12.5. The Kier molecular flexibility index (Phi) is 10.9. The lowest BCUT2D eigenvalue weighted by atomic mass is 9.93. The molecule has 0 radical (unpaired) electrons. The first-order valence-corrected chi connectivity index (χ1v) is 10.1. The molecule has 0 spiro atoms. The molecule has 0 saturated carbocycles. The molecular formula is C19H34F3IN6O. The van der Waals surface area contributed by atoms with E-state index in [-0.39, 0.29) is 30.5 Å². The molecule has 0 aliphatic carbocycles.